The summed E-state index contributed by atoms with van der Waals surface area (Å²) in [4.78, 5) is 17.5. The van der Waals surface area contributed by atoms with Crippen LogP contribution >= 0.6 is 0 Å². The van der Waals surface area contributed by atoms with Gasteiger partial charge in [0.2, 0.25) is 0 Å². The third-order valence-corrected chi connectivity index (χ3v) is 6.53. The molecular weight excluding hydrogens is 405 g/mol. The molecule has 3 aliphatic heterocycles. The molecule has 2 aromatic rings. The maximum atomic E-state index is 13.8. The van der Waals surface area contributed by atoms with Crippen LogP contribution in [0.2, 0.25) is 0 Å². The first-order valence-corrected chi connectivity index (χ1v) is 11.1. The van der Waals surface area contributed by atoms with Crippen molar-refractivity contribution in [2.75, 3.05) is 38.5 Å². The highest BCUT2D eigenvalue weighted by Gasteiger charge is 2.38. The minimum absolute atomic E-state index is 0.267. The van der Waals surface area contributed by atoms with E-state index >= 15 is 0 Å². The maximum Gasteiger partial charge on any atom is 0.260 e. The number of rotatable bonds is 3. The Kier molecular flexibility index (Phi) is 5.14. The Morgan fingerprint density at radius 3 is 2.50 bits per heavy atom. The van der Waals surface area contributed by atoms with Crippen molar-refractivity contribution >= 4 is 22.7 Å². The second-order valence-corrected chi connectivity index (χ2v) is 9.33. The number of halogens is 1. The van der Waals surface area contributed by atoms with E-state index in [1.54, 1.807) is 6.07 Å². The van der Waals surface area contributed by atoms with Gasteiger partial charge in [-0.25, -0.2) is 4.39 Å². The number of fused-ring (bicyclic) bond motifs is 1. The molecule has 0 saturated carbocycles. The van der Waals surface area contributed by atoms with Gasteiger partial charge >= 0.3 is 0 Å². The molecule has 0 unspecified atom stereocenters. The molecule has 1 N–H and O–H groups in total. The van der Waals surface area contributed by atoms with Gasteiger partial charge < -0.3 is 15.0 Å². The summed E-state index contributed by atoms with van der Waals surface area (Å²) < 4.78 is 20.1. The maximum absolute atomic E-state index is 13.8. The minimum atomic E-state index is -0.600. The van der Waals surface area contributed by atoms with Gasteiger partial charge in [-0.15, -0.1) is 0 Å². The number of ether oxygens (including phenoxy) is 1. The molecule has 6 heteroatoms. The van der Waals surface area contributed by atoms with Crippen LogP contribution in [0.3, 0.4) is 0 Å². The Morgan fingerprint density at radius 2 is 1.78 bits per heavy atom. The van der Waals surface area contributed by atoms with Crippen LogP contribution in [0.25, 0.3) is 11.1 Å². The number of allylic oxidation sites excluding steroid dienone is 1. The minimum Gasteiger partial charge on any atom is -0.482 e. The van der Waals surface area contributed by atoms with Gasteiger partial charge in [-0.05, 0) is 56.3 Å². The zero-order chi connectivity index (χ0) is 22.5. The number of hydrogen-bond donors (Lipinski definition) is 1. The summed E-state index contributed by atoms with van der Waals surface area (Å²) in [7, 11) is 2.17. The molecule has 0 spiro atoms. The standard InChI is InChI=1S/C26H28FN3O2/c1-26(2)21(18-6-4-17(5-7-18)16-30-12-10-29(3)11-13-30)15-23(32-26)24-20-14-19(27)8-9-22(20)28-25(24)31/h4-9,14-15H,10-13,16H2,1-3H3,(H,28,31)/b24-23+. The van der Waals surface area contributed by atoms with Gasteiger partial charge in [-0.2, -0.15) is 0 Å². The van der Waals surface area contributed by atoms with Crippen molar-refractivity contribution in [3.05, 3.63) is 76.8 Å². The molecule has 0 radical (unpaired) electrons. The van der Waals surface area contributed by atoms with Crippen LogP contribution in [0.4, 0.5) is 10.1 Å². The predicted octanol–water partition coefficient (Wildman–Crippen LogP) is 4.13. The average Bonchev–Trinajstić information content (AvgIpc) is 3.24. The first-order chi connectivity index (χ1) is 15.3. The zero-order valence-corrected chi connectivity index (χ0v) is 18.7. The van der Waals surface area contributed by atoms with E-state index in [1.165, 1.54) is 17.7 Å². The highest BCUT2D eigenvalue weighted by Crippen LogP contribution is 2.44. The smallest absolute Gasteiger partial charge is 0.260 e. The lowest BCUT2D eigenvalue weighted by molar-refractivity contribution is -0.111. The van der Waals surface area contributed by atoms with Crippen LogP contribution in [0.5, 0.6) is 0 Å². The monoisotopic (exact) mass is 433 g/mol. The molecule has 0 aliphatic carbocycles. The van der Waals surface area contributed by atoms with Crippen molar-refractivity contribution in [2.45, 2.75) is 26.0 Å². The lowest BCUT2D eigenvalue weighted by Crippen LogP contribution is -2.43. The molecule has 2 aromatic carbocycles. The number of carbonyl (C=O) groups is 1. The van der Waals surface area contributed by atoms with Crippen molar-refractivity contribution < 1.29 is 13.9 Å². The van der Waals surface area contributed by atoms with Gasteiger partial charge in [0.05, 0.1) is 5.57 Å². The van der Waals surface area contributed by atoms with Gasteiger partial charge in [0.25, 0.3) is 5.91 Å². The first-order valence-electron chi connectivity index (χ1n) is 11.1. The molecule has 0 atom stereocenters. The summed E-state index contributed by atoms with van der Waals surface area (Å²) in [6, 6.07) is 12.9. The fourth-order valence-electron chi connectivity index (χ4n) is 4.66. The van der Waals surface area contributed by atoms with Gasteiger partial charge in [-0.1, -0.05) is 24.3 Å². The SMILES string of the molecule is CN1CCN(Cc2ccc(C3=C/C(=C4\C(=O)Nc5ccc(F)cc54)OC3(C)C)cc2)CC1. The Balaban J connectivity index is 1.43. The number of carbonyl (C=O) groups excluding carboxylic acids is 1. The number of piperazine rings is 1. The summed E-state index contributed by atoms with van der Waals surface area (Å²) in [5, 5.41) is 2.80. The number of benzene rings is 2. The zero-order valence-electron chi connectivity index (χ0n) is 18.7. The van der Waals surface area contributed by atoms with Crippen molar-refractivity contribution in [3.8, 4) is 0 Å². The normalized spacial score (nSPS) is 23.0. The third kappa shape index (κ3) is 3.85. The molecule has 5 nitrogen and oxygen atoms in total. The van der Waals surface area contributed by atoms with Gasteiger partial charge in [0, 0.05) is 49.5 Å². The Hall–Kier alpha value is -2.96. The molecule has 5 rings (SSSR count). The second kappa shape index (κ2) is 7.87. The summed E-state index contributed by atoms with van der Waals surface area (Å²) >= 11 is 0. The Labute approximate surface area is 188 Å². The van der Waals surface area contributed by atoms with Crippen molar-refractivity contribution in [1.29, 1.82) is 0 Å². The fraction of sp³-hybridized carbons (Fsp3) is 0.346. The molecule has 3 aliphatic rings. The van der Waals surface area contributed by atoms with Crippen LogP contribution in [0.15, 0.2) is 54.3 Å². The van der Waals surface area contributed by atoms with Crippen molar-refractivity contribution in [1.82, 2.24) is 9.80 Å². The van der Waals surface area contributed by atoms with E-state index in [0.29, 0.717) is 22.6 Å². The highest BCUT2D eigenvalue weighted by molar-refractivity contribution is 6.32. The Morgan fingerprint density at radius 1 is 1.06 bits per heavy atom. The average molecular weight is 434 g/mol. The molecule has 1 fully saturated rings. The summed E-state index contributed by atoms with van der Waals surface area (Å²) in [5.74, 6) is -0.166. The highest BCUT2D eigenvalue weighted by atomic mass is 19.1. The molecule has 0 bridgehead atoms. The van der Waals surface area contributed by atoms with E-state index in [0.717, 1.165) is 43.9 Å². The van der Waals surface area contributed by atoms with Crippen LogP contribution in [0.1, 0.15) is 30.5 Å². The second-order valence-electron chi connectivity index (χ2n) is 9.33. The number of amides is 1. The topological polar surface area (TPSA) is 44.8 Å². The van der Waals surface area contributed by atoms with E-state index < -0.39 is 5.60 Å². The quantitative estimate of drug-likeness (QED) is 0.740. The van der Waals surface area contributed by atoms with Crippen LogP contribution in [-0.2, 0) is 16.1 Å². The lowest BCUT2D eigenvalue weighted by Gasteiger charge is -2.32. The summed E-state index contributed by atoms with van der Waals surface area (Å²) in [6.07, 6.45) is 1.92. The van der Waals surface area contributed by atoms with Crippen LogP contribution in [-0.4, -0.2) is 54.5 Å². The molecule has 1 saturated heterocycles. The molecular formula is C26H28FN3O2. The molecule has 0 aromatic heterocycles. The molecule has 166 valence electrons. The first kappa shape index (κ1) is 20.9. The molecule has 3 heterocycles. The third-order valence-electron chi connectivity index (χ3n) is 6.53. The van der Waals surface area contributed by atoms with Gasteiger partial charge in [0.15, 0.2) is 0 Å². The lowest BCUT2D eigenvalue weighted by atomic mass is 9.91. The fourth-order valence-corrected chi connectivity index (χ4v) is 4.66. The van der Waals surface area contributed by atoms with E-state index in [9.17, 15) is 9.18 Å². The van der Waals surface area contributed by atoms with Crippen molar-refractivity contribution in [2.24, 2.45) is 0 Å². The van der Waals surface area contributed by atoms with E-state index in [2.05, 4.69) is 46.4 Å². The Bertz CT molecular complexity index is 1130. The van der Waals surface area contributed by atoms with E-state index in [-0.39, 0.29) is 11.7 Å². The largest absolute Gasteiger partial charge is 0.482 e. The van der Waals surface area contributed by atoms with Crippen LogP contribution in [0, 0.1) is 5.82 Å². The number of nitrogens with zero attached hydrogens (tertiary/aromatic N) is 2. The predicted molar refractivity (Wildman–Crippen MR) is 124 cm³/mol. The molecule has 32 heavy (non-hydrogen) atoms. The summed E-state index contributed by atoms with van der Waals surface area (Å²) in [6.45, 7) is 9.32. The number of anilines is 1. The number of hydrogen-bond acceptors (Lipinski definition) is 4. The van der Waals surface area contributed by atoms with E-state index in [1.807, 2.05) is 19.9 Å². The van der Waals surface area contributed by atoms with E-state index in [4.69, 9.17) is 4.74 Å². The summed E-state index contributed by atoms with van der Waals surface area (Å²) in [5.41, 5.74) is 4.28. The van der Waals surface area contributed by atoms with Crippen LogP contribution < -0.4 is 5.32 Å². The van der Waals surface area contributed by atoms with Gasteiger partial charge in [-0.3, -0.25) is 9.69 Å². The number of likely N-dealkylation sites (N-methyl/N-ethyl adjacent to an activating group) is 1. The molecule has 1 amide bonds. The number of nitrogens with one attached hydrogen (secondary N) is 1. The van der Waals surface area contributed by atoms with Gasteiger partial charge in [0.1, 0.15) is 17.2 Å². The van der Waals surface area contributed by atoms with Crippen molar-refractivity contribution in [3.63, 3.8) is 0 Å².